The summed E-state index contributed by atoms with van der Waals surface area (Å²) in [6.45, 7) is 2.00. The van der Waals surface area contributed by atoms with Gasteiger partial charge in [0.15, 0.2) is 11.5 Å². The minimum atomic E-state index is 0.312. The summed E-state index contributed by atoms with van der Waals surface area (Å²) in [7, 11) is 0. The molecule has 0 atom stereocenters. The van der Waals surface area contributed by atoms with Crippen molar-refractivity contribution in [2.24, 2.45) is 0 Å². The van der Waals surface area contributed by atoms with Crippen molar-refractivity contribution in [1.29, 1.82) is 0 Å². The number of hydrogen-bond acceptors (Lipinski definition) is 7. The maximum absolute atomic E-state index is 5.55. The summed E-state index contributed by atoms with van der Waals surface area (Å²) >= 11 is 1.27. The minimum Gasteiger partial charge on any atom is -0.486 e. The van der Waals surface area contributed by atoms with E-state index in [1.807, 2.05) is 18.2 Å². The van der Waals surface area contributed by atoms with Crippen molar-refractivity contribution in [3.8, 4) is 11.5 Å². The average molecular weight is 278 g/mol. The predicted molar refractivity (Wildman–Crippen MR) is 73.9 cm³/mol. The number of aromatic nitrogens is 2. The number of ether oxygens (including phenoxy) is 2. The van der Waals surface area contributed by atoms with Gasteiger partial charge in [-0.05, 0) is 24.1 Å². The van der Waals surface area contributed by atoms with Gasteiger partial charge in [-0.2, -0.15) is 9.36 Å². The first-order valence-electron chi connectivity index (χ1n) is 6.03. The zero-order valence-electron chi connectivity index (χ0n) is 10.3. The Kier molecular flexibility index (Phi) is 3.37. The Morgan fingerprint density at radius 3 is 2.89 bits per heavy atom. The monoisotopic (exact) mass is 278 g/mol. The molecule has 3 N–H and O–H groups in total. The summed E-state index contributed by atoms with van der Waals surface area (Å²) in [4.78, 5) is 4.04. The van der Waals surface area contributed by atoms with Crippen molar-refractivity contribution < 1.29 is 9.47 Å². The number of nitrogens with zero attached hydrogens (tertiary/aromatic N) is 2. The third-order valence-corrected chi connectivity index (χ3v) is 3.43. The lowest BCUT2D eigenvalue weighted by Gasteiger charge is -2.18. The summed E-state index contributed by atoms with van der Waals surface area (Å²) < 4.78 is 14.9. The number of nitrogens with two attached hydrogens (primary N) is 1. The van der Waals surface area contributed by atoms with E-state index in [1.165, 1.54) is 17.1 Å². The van der Waals surface area contributed by atoms with Crippen molar-refractivity contribution in [3.63, 3.8) is 0 Å². The van der Waals surface area contributed by atoms with Crippen LogP contribution in [0.4, 0.5) is 11.1 Å². The molecule has 1 aromatic carbocycles. The summed E-state index contributed by atoms with van der Waals surface area (Å²) in [5, 5.41) is 3.93. The van der Waals surface area contributed by atoms with E-state index >= 15 is 0 Å². The smallest absolute Gasteiger partial charge is 0.233 e. The van der Waals surface area contributed by atoms with Gasteiger partial charge < -0.3 is 20.5 Å². The first kappa shape index (κ1) is 12.0. The number of anilines is 2. The summed E-state index contributed by atoms with van der Waals surface area (Å²) in [5.74, 6) is 1.95. The lowest BCUT2D eigenvalue weighted by molar-refractivity contribution is 0.171. The number of nitrogen functional groups attached to an aromatic ring is 1. The maximum atomic E-state index is 5.55. The number of hydrogen-bond donors (Lipinski definition) is 2. The van der Waals surface area contributed by atoms with Gasteiger partial charge in [0, 0.05) is 18.1 Å². The Balaban J connectivity index is 1.58. The minimum absolute atomic E-state index is 0.312. The van der Waals surface area contributed by atoms with Crippen LogP contribution in [0.3, 0.4) is 0 Å². The summed E-state index contributed by atoms with van der Waals surface area (Å²) in [6.07, 6.45) is 0.871. The van der Waals surface area contributed by atoms with Crippen molar-refractivity contribution in [3.05, 3.63) is 23.8 Å². The second kappa shape index (κ2) is 5.31. The zero-order chi connectivity index (χ0) is 13.1. The molecule has 1 aromatic heterocycles. The molecule has 7 heteroatoms. The zero-order valence-corrected chi connectivity index (χ0v) is 11.1. The predicted octanol–water partition coefficient (Wildman–Crippen LogP) is 1.55. The maximum Gasteiger partial charge on any atom is 0.233 e. The van der Waals surface area contributed by atoms with E-state index in [9.17, 15) is 0 Å². The van der Waals surface area contributed by atoms with E-state index in [0.29, 0.717) is 19.2 Å². The lowest BCUT2D eigenvalue weighted by atomic mass is 10.1. The van der Waals surface area contributed by atoms with Crippen LogP contribution in [0.15, 0.2) is 18.2 Å². The second-order valence-electron chi connectivity index (χ2n) is 4.11. The van der Waals surface area contributed by atoms with Gasteiger partial charge in [-0.25, -0.2) is 0 Å². The molecule has 0 fully saturated rings. The average Bonchev–Trinajstić information content (AvgIpc) is 2.84. The van der Waals surface area contributed by atoms with E-state index in [4.69, 9.17) is 15.2 Å². The fraction of sp³-hybridized carbons (Fsp3) is 0.333. The fourth-order valence-electron chi connectivity index (χ4n) is 1.86. The Morgan fingerprint density at radius 2 is 2.11 bits per heavy atom. The van der Waals surface area contributed by atoms with Crippen molar-refractivity contribution in [2.45, 2.75) is 6.42 Å². The molecule has 0 unspecified atom stereocenters. The molecule has 0 saturated heterocycles. The molecule has 19 heavy (non-hydrogen) atoms. The summed E-state index contributed by atoms with van der Waals surface area (Å²) in [5.41, 5.74) is 6.64. The topological polar surface area (TPSA) is 82.3 Å². The number of benzene rings is 1. The van der Waals surface area contributed by atoms with Gasteiger partial charge in [0.05, 0.1) is 0 Å². The molecular formula is C12H14N4O2S. The lowest BCUT2D eigenvalue weighted by Crippen LogP contribution is -2.15. The third-order valence-electron chi connectivity index (χ3n) is 2.74. The van der Waals surface area contributed by atoms with Crippen LogP contribution in [-0.4, -0.2) is 29.1 Å². The molecular weight excluding hydrogens is 264 g/mol. The van der Waals surface area contributed by atoms with Crippen LogP contribution in [-0.2, 0) is 6.42 Å². The van der Waals surface area contributed by atoms with E-state index in [-0.39, 0.29) is 0 Å². The van der Waals surface area contributed by atoms with Crippen LogP contribution in [0.1, 0.15) is 5.56 Å². The van der Waals surface area contributed by atoms with Crippen LogP contribution >= 0.6 is 11.5 Å². The highest BCUT2D eigenvalue weighted by Gasteiger charge is 2.11. The van der Waals surface area contributed by atoms with Crippen molar-refractivity contribution in [2.75, 3.05) is 30.8 Å². The molecule has 3 rings (SSSR count). The summed E-state index contributed by atoms with van der Waals surface area (Å²) in [6, 6.07) is 6.01. The van der Waals surface area contributed by atoms with Crippen LogP contribution in [0.25, 0.3) is 0 Å². The molecule has 2 aromatic rings. The molecule has 0 radical (unpaired) electrons. The van der Waals surface area contributed by atoms with Gasteiger partial charge in [0.2, 0.25) is 11.1 Å². The van der Waals surface area contributed by atoms with Crippen molar-refractivity contribution >= 4 is 22.6 Å². The Labute approximate surface area is 114 Å². The van der Waals surface area contributed by atoms with Gasteiger partial charge in [0.25, 0.3) is 0 Å². The van der Waals surface area contributed by atoms with E-state index in [2.05, 4.69) is 14.7 Å². The molecule has 2 heterocycles. The highest BCUT2D eigenvalue weighted by atomic mass is 32.1. The SMILES string of the molecule is Nc1nsc(NCCc2ccc3c(c2)OCCO3)n1. The van der Waals surface area contributed by atoms with E-state index in [0.717, 1.165) is 29.6 Å². The van der Waals surface area contributed by atoms with E-state index in [1.54, 1.807) is 0 Å². The molecule has 1 aliphatic heterocycles. The van der Waals surface area contributed by atoms with Crippen LogP contribution in [0.5, 0.6) is 11.5 Å². The van der Waals surface area contributed by atoms with Crippen LogP contribution < -0.4 is 20.5 Å². The molecule has 0 aliphatic carbocycles. The highest BCUT2D eigenvalue weighted by Crippen LogP contribution is 2.30. The normalized spacial score (nSPS) is 13.3. The van der Waals surface area contributed by atoms with Gasteiger partial charge in [-0.3, -0.25) is 0 Å². The molecule has 100 valence electrons. The fourth-order valence-corrected chi connectivity index (χ4v) is 2.39. The molecule has 0 spiro atoms. The second-order valence-corrected chi connectivity index (χ2v) is 4.86. The first-order chi connectivity index (χ1) is 9.31. The Bertz CT molecular complexity index is 573. The van der Waals surface area contributed by atoms with Crippen LogP contribution in [0.2, 0.25) is 0 Å². The Morgan fingerprint density at radius 1 is 1.26 bits per heavy atom. The van der Waals surface area contributed by atoms with E-state index < -0.39 is 0 Å². The largest absolute Gasteiger partial charge is 0.486 e. The van der Waals surface area contributed by atoms with Gasteiger partial charge >= 0.3 is 0 Å². The molecule has 1 aliphatic rings. The van der Waals surface area contributed by atoms with Gasteiger partial charge in [-0.15, -0.1) is 0 Å². The highest BCUT2D eigenvalue weighted by molar-refractivity contribution is 7.09. The quantitative estimate of drug-likeness (QED) is 0.883. The van der Waals surface area contributed by atoms with Crippen LogP contribution in [0, 0.1) is 0 Å². The molecule has 0 amide bonds. The first-order valence-corrected chi connectivity index (χ1v) is 6.80. The Hall–Kier alpha value is -2.02. The standard InChI is InChI=1S/C12H14N4O2S/c13-11-15-12(19-16-11)14-4-3-8-1-2-9-10(7-8)18-6-5-17-9/h1-2,7H,3-6H2,(H3,13,14,15,16). The third kappa shape index (κ3) is 2.87. The molecule has 0 saturated carbocycles. The number of fused-ring (bicyclic) bond motifs is 1. The van der Waals surface area contributed by atoms with Gasteiger partial charge in [0.1, 0.15) is 13.2 Å². The van der Waals surface area contributed by atoms with Crippen molar-refractivity contribution in [1.82, 2.24) is 9.36 Å². The number of rotatable bonds is 4. The van der Waals surface area contributed by atoms with Gasteiger partial charge in [-0.1, -0.05) is 6.07 Å². The molecule has 6 nitrogen and oxygen atoms in total. The number of nitrogens with one attached hydrogen (secondary N) is 1. The molecule has 0 bridgehead atoms.